The van der Waals surface area contributed by atoms with E-state index in [9.17, 15) is 13.6 Å². The van der Waals surface area contributed by atoms with Gasteiger partial charge in [0.25, 0.3) is 5.92 Å². The fourth-order valence-electron chi connectivity index (χ4n) is 4.33. The number of alkyl halides is 2. The van der Waals surface area contributed by atoms with Crippen molar-refractivity contribution >= 4 is 5.97 Å². The summed E-state index contributed by atoms with van der Waals surface area (Å²) < 4.78 is 40.8. The molecular weight excluding hydrogens is 374 g/mol. The van der Waals surface area contributed by atoms with Gasteiger partial charge in [0.1, 0.15) is 6.10 Å². The van der Waals surface area contributed by atoms with Crippen molar-refractivity contribution < 1.29 is 23.0 Å². The largest absolute Gasteiger partial charge is 0.462 e. The summed E-state index contributed by atoms with van der Waals surface area (Å²) in [6.45, 7) is 7.47. The van der Waals surface area contributed by atoms with Crippen molar-refractivity contribution in [3.8, 4) is 0 Å². The van der Waals surface area contributed by atoms with Crippen molar-refractivity contribution in [1.29, 1.82) is 0 Å². The first-order valence-corrected chi connectivity index (χ1v) is 11.3. The molecule has 0 aromatic heterocycles. The molecule has 2 aliphatic rings. The lowest BCUT2D eigenvalue weighted by molar-refractivity contribution is -0.151. The van der Waals surface area contributed by atoms with Crippen LogP contribution in [0.4, 0.5) is 8.78 Å². The quantitative estimate of drug-likeness (QED) is 0.338. The standard InChI is InChI=1S/C24H38F2O3/c1-5-6-15-24(25,26)18(4)13-14-20-19-11-9-7-8-10-12-23(27)29-22(19)16-21(20)28-17(2)3/h7,9,13-14,17-22H,5-6,8,10-12,15-16H2,1-4H3/b9-7-,14-13+/t18-,19?,20-,21-,22?/m1/s1. The van der Waals surface area contributed by atoms with Gasteiger partial charge in [-0.25, -0.2) is 8.78 Å². The minimum atomic E-state index is -2.71. The van der Waals surface area contributed by atoms with Crippen LogP contribution < -0.4 is 0 Å². The van der Waals surface area contributed by atoms with E-state index >= 15 is 0 Å². The Morgan fingerprint density at radius 2 is 2.07 bits per heavy atom. The zero-order valence-corrected chi connectivity index (χ0v) is 18.4. The third kappa shape index (κ3) is 7.20. The number of fused-ring (bicyclic) bond motifs is 1. The molecule has 0 bridgehead atoms. The monoisotopic (exact) mass is 412 g/mol. The molecule has 1 aliphatic carbocycles. The molecule has 0 amide bonds. The number of esters is 1. The molecule has 1 heterocycles. The van der Waals surface area contributed by atoms with Gasteiger partial charge in [-0.3, -0.25) is 4.79 Å². The number of unbranched alkanes of at least 4 members (excludes halogenated alkanes) is 1. The molecule has 0 spiro atoms. The molecule has 166 valence electrons. The average Bonchev–Trinajstić information content (AvgIpc) is 2.96. The number of hydrogen-bond acceptors (Lipinski definition) is 3. The topological polar surface area (TPSA) is 35.5 Å². The van der Waals surface area contributed by atoms with Gasteiger partial charge in [-0.1, -0.05) is 44.6 Å². The Kier molecular flexibility index (Phi) is 9.32. The Morgan fingerprint density at radius 1 is 1.31 bits per heavy atom. The van der Waals surface area contributed by atoms with Gasteiger partial charge < -0.3 is 9.47 Å². The van der Waals surface area contributed by atoms with Gasteiger partial charge in [-0.05, 0) is 39.5 Å². The van der Waals surface area contributed by atoms with Crippen molar-refractivity contribution in [2.45, 2.75) is 103 Å². The van der Waals surface area contributed by atoms with Gasteiger partial charge in [0.15, 0.2) is 0 Å². The lowest BCUT2D eigenvalue weighted by atomic mass is 9.87. The predicted molar refractivity (Wildman–Crippen MR) is 112 cm³/mol. The van der Waals surface area contributed by atoms with Crippen LogP contribution in [0.25, 0.3) is 0 Å². The fourth-order valence-corrected chi connectivity index (χ4v) is 4.33. The fraction of sp³-hybridized carbons (Fsp3) is 0.792. The highest BCUT2D eigenvalue weighted by Crippen LogP contribution is 2.42. The van der Waals surface area contributed by atoms with Gasteiger partial charge >= 0.3 is 5.97 Å². The molecule has 3 nitrogen and oxygen atoms in total. The number of carbonyl (C=O) groups is 1. The van der Waals surface area contributed by atoms with E-state index in [1.807, 2.05) is 26.8 Å². The maximum atomic E-state index is 14.4. The van der Waals surface area contributed by atoms with Crippen LogP contribution in [0.15, 0.2) is 24.3 Å². The first-order valence-electron chi connectivity index (χ1n) is 11.3. The van der Waals surface area contributed by atoms with Crippen LogP contribution in [0.1, 0.15) is 79.1 Å². The highest BCUT2D eigenvalue weighted by molar-refractivity contribution is 5.69. The SMILES string of the molecule is CCCCC(F)(F)[C@H](C)/C=C/[C@@H]1C2C/C=C\CCCC(=O)OC2C[C@H]1OC(C)C. The van der Waals surface area contributed by atoms with Gasteiger partial charge in [0.05, 0.1) is 12.2 Å². The van der Waals surface area contributed by atoms with E-state index in [2.05, 4.69) is 12.2 Å². The molecule has 5 atom stereocenters. The van der Waals surface area contributed by atoms with E-state index in [-0.39, 0.29) is 42.5 Å². The zero-order valence-electron chi connectivity index (χ0n) is 18.4. The van der Waals surface area contributed by atoms with E-state index in [1.165, 1.54) is 0 Å². The summed E-state index contributed by atoms with van der Waals surface area (Å²) in [6, 6.07) is 0. The molecule has 29 heavy (non-hydrogen) atoms. The third-order valence-electron chi connectivity index (χ3n) is 6.07. The molecule has 5 heteroatoms. The molecule has 0 aromatic rings. The maximum Gasteiger partial charge on any atom is 0.306 e. The van der Waals surface area contributed by atoms with E-state index in [0.717, 1.165) is 25.7 Å². The average molecular weight is 413 g/mol. The Hall–Kier alpha value is -1.23. The van der Waals surface area contributed by atoms with Crippen molar-refractivity contribution in [2.24, 2.45) is 17.8 Å². The zero-order chi connectivity index (χ0) is 21.4. The summed E-state index contributed by atoms with van der Waals surface area (Å²) in [5, 5.41) is 0. The summed E-state index contributed by atoms with van der Waals surface area (Å²) in [4.78, 5) is 12.2. The Balaban J connectivity index is 2.20. The predicted octanol–water partition coefficient (Wildman–Crippen LogP) is 6.48. The lowest BCUT2D eigenvalue weighted by Gasteiger charge is -2.26. The first-order chi connectivity index (χ1) is 13.7. The van der Waals surface area contributed by atoms with Gasteiger partial charge in [-0.15, -0.1) is 0 Å². The second-order valence-electron chi connectivity index (χ2n) is 8.87. The van der Waals surface area contributed by atoms with Crippen LogP contribution in [0.2, 0.25) is 0 Å². The van der Waals surface area contributed by atoms with E-state index in [1.54, 1.807) is 13.0 Å². The Morgan fingerprint density at radius 3 is 2.76 bits per heavy atom. The van der Waals surface area contributed by atoms with Crippen LogP contribution in [-0.2, 0) is 14.3 Å². The normalized spacial score (nSPS) is 30.9. The van der Waals surface area contributed by atoms with E-state index < -0.39 is 11.8 Å². The van der Waals surface area contributed by atoms with Crippen LogP contribution in [0, 0.1) is 17.8 Å². The molecule has 0 N–H and O–H groups in total. The van der Waals surface area contributed by atoms with Gasteiger partial charge in [0.2, 0.25) is 0 Å². The summed E-state index contributed by atoms with van der Waals surface area (Å²) in [5.41, 5.74) is 0. The van der Waals surface area contributed by atoms with Gasteiger partial charge in [-0.2, -0.15) is 0 Å². The van der Waals surface area contributed by atoms with Crippen molar-refractivity contribution in [1.82, 2.24) is 0 Å². The highest BCUT2D eigenvalue weighted by Gasteiger charge is 2.45. The van der Waals surface area contributed by atoms with Crippen LogP contribution >= 0.6 is 0 Å². The maximum absolute atomic E-state index is 14.4. The van der Waals surface area contributed by atoms with Crippen LogP contribution in [-0.4, -0.2) is 30.2 Å². The molecule has 1 saturated carbocycles. The Labute approximate surface area is 174 Å². The van der Waals surface area contributed by atoms with Gasteiger partial charge in [0, 0.05) is 37.0 Å². The lowest BCUT2D eigenvalue weighted by Crippen LogP contribution is -2.27. The number of halogens is 2. The van der Waals surface area contributed by atoms with Crippen molar-refractivity contribution in [3.63, 3.8) is 0 Å². The second kappa shape index (κ2) is 11.2. The molecule has 2 rings (SSSR count). The number of carbonyl (C=O) groups excluding carboxylic acids is 1. The van der Waals surface area contributed by atoms with Crippen molar-refractivity contribution in [3.05, 3.63) is 24.3 Å². The molecular formula is C24H38F2O3. The molecule has 0 radical (unpaired) electrons. The van der Waals surface area contributed by atoms with Crippen LogP contribution in [0.5, 0.6) is 0 Å². The molecule has 1 fully saturated rings. The smallest absolute Gasteiger partial charge is 0.306 e. The number of ether oxygens (including phenoxy) is 2. The minimum absolute atomic E-state index is 0.0284. The summed E-state index contributed by atoms with van der Waals surface area (Å²) in [7, 11) is 0. The molecule has 0 aromatic carbocycles. The Bertz CT molecular complexity index is 570. The number of rotatable bonds is 8. The van der Waals surface area contributed by atoms with E-state index in [4.69, 9.17) is 9.47 Å². The first kappa shape index (κ1) is 24.0. The number of hydrogen-bond donors (Lipinski definition) is 0. The second-order valence-corrected chi connectivity index (χ2v) is 8.87. The molecule has 1 aliphatic heterocycles. The summed E-state index contributed by atoms with van der Waals surface area (Å²) in [5.74, 6) is -3.68. The molecule has 2 unspecified atom stereocenters. The summed E-state index contributed by atoms with van der Waals surface area (Å²) >= 11 is 0. The summed E-state index contributed by atoms with van der Waals surface area (Å²) in [6.07, 6.45) is 12.2. The molecule has 0 saturated heterocycles. The minimum Gasteiger partial charge on any atom is -0.462 e. The highest BCUT2D eigenvalue weighted by atomic mass is 19.3. The van der Waals surface area contributed by atoms with Crippen molar-refractivity contribution in [2.75, 3.05) is 0 Å². The van der Waals surface area contributed by atoms with E-state index in [0.29, 0.717) is 19.3 Å². The third-order valence-corrected chi connectivity index (χ3v) is 6.07. The van der Waals surface area contributed by atoms with Crippen LogP contribution in [0.3, 0.4) is 0 Å². The number of allylic oxidation sites excluding steroid dienone is 3.